The van der Waals surface area contributed by atoms with Crippen LogP contribution in [0.15, 0.2) is 6.20 Å². The third-order valence-corrected chi connectivity index (χ3v) is 2.51. The van der Waals surface area contributed by atoms with E-state index in [2.05, 4.69) is 27.5 Å². The maximum atomic E-state index is 6.00. The van der Waals surface area contributed by atoms with Gasteiger partial charge < -0.3 is 15.4 Å². The molecule has 1 aromatic rings. The van der Waals surface area contributed by atoms with E-state index in [1.54, 1.807) is 13.3 Å². The lowest BCUT2D eigenvalue weighted by molar-refractivity contribution is 0.128. The number of ether oxygens (including phenoxy) is 1. The van der Waals surface area contributed by atoms with E-state index in [-0.39, 0.29) is 6.10 Å². The lowest BCUT2D eigenvalue weighted by Gasteiger charge is -2.13. The molecule has 1 heterocycles. The first-order chi connectivity index (χ1) is 8.17. The summed E-state index contributed by atoms with van der Waals surface area (Å²) in [7, 11) is 1.67. The van der Waals surface area contributed by atoms with Crippen molar-refractivity contribution in [1.29, 1.82) is 0 Å². The second-order valence-corrected chi connectivity index (χ2v) is 4.15. The van der Waals surface area contributed by atoms with E-state index < -0.39 is 0 Å². The van der Waals surface area contributed by atoms with Gasteiger partial charge in [0, 0.05) is 20.2 Å². The van der Waals surface area contributed by atoms with Gasteiger partial charge in [-0.1, -0.05) is 18.5 Å². The van der Waals surface area contributed by atoms with Crippen LogP contribution >= 0.6 is 11.6 Å². The Labute approximate surface area is 107 Å². The first kappa shape index (κ1) is 14.0. The van der Waals surface area contributed by atoms with Crippen molar-refractivity contribution < 1.29 is 4.74 Å². The van der Waals surface area contributed by atoms with Gasteiger partial charge in [0.05, 0.1) is 12.3 Å². The highest BCUT2D eigenvalue weighted by Gasteiger charge is 2.06. The third kappa shape index (κ3) is 4.75. The monoisotopic (exact) mass is 258 g/mol. The second-order valence-electron chi connectivity index (χ2n) is 3.74. The van der Waals surface area contributed by atoms with E-state index >= 15 is 0 Å². The maximum Gasteiger partial charge on any atom is 0.224 e. The largest absolute Gasteiger partial charge is 0.380 e. The number of nitrogens with zero attached hydrogens (tertiary/aromatic N) is 2. The Morgan fingerprint density at radius 3 is 2.88 bits per heavy atom. The van der Waals surface area contributed by atoms with Crippen LogP contribution in [0.3, 0.4) is 0 Å². The number of nitrogens with one attached hydrogen (secondary N) is 2. The van der Waals surface area contributed by atoms with Crippen LogP contribution in [0.2, 0.25) is 5.02 Å². The molecule has 17 heavy (non-hydrogen) atoms. The van der Waals surface area contributed by atoms with Crippen LogP contribution in [0, 0.1) is 0 Å². The van der Waals surface area contributed by atoms with Crippen molar-refractivity contribution in [1.82, 2.24) is 9.97 Å². The molecule has 6 heteroatoms. The fourth-order valence-electron chi connectivity index (χ4n) is 1.14. The molecule has 2 N–H and O–H groups in total. The standard InChI is InChI=1S/C11H19ClN4O/c1-4-5-13-11-15-7-9(12)10(16-11)14-6-8(2)17-3/h7-8H,4-6H2,1-3H3,(H2,13,14,15,16). The van der Waals surface area contributed by atoms with Crippen LogP contribution < -0.4 is 10.6 Å². The van der Waals surface area contributed by atoms with Gasteiger partial charge in [-0.15, -0.1) is 0 Å². The van der Waals surface area contributed by atoms with Crippen molar-refractivity contribution in [3.63, 3.8) is 0 Å². The smallest absolute Gasteiger partial charge is 0.224 e. The molecule has 0 fully saturated rings. The quantitative estimate of drug-likeness (QED) is 0.787. The molecule has 1 atom stereocenters. The molecule has 0 aliphatic carbocycles. The molecule has 0 bridgehead atoms. The summed E-state index contributed by atoms with van der Waals surface area (Å²) in [5.74, 6) is 1.22. The molecule has 0 saturated carbocycles. The van der Waals surface area contributed by atoms with Gasteiger partial charge in [-0.3, -0.25) is 0 Å². The van der Waals surface area contributed by atoms with Crippen molar-refractivity contribution in [3.05, 3.63) is 11.2 Å². The molecule has 0 radical (unpaired) electrons. The molecule has 1 aromatic heterocycles. The molecular formula is C11H19ClN4O. The Morgan fingerprint density at radius 1 is 1.47 bits per heavy atom. The Bertz CT molecular complexity index is 348. The van der Waals surface area contributed by atoms with E-state index in [0.29, 0.717) is 23.3 Å². The minimum Gasteiger partial charge on any atom is -0.380 e. The molecule has 1 rings (SSSR count). The zero-order chi connectivity index (χ0) is 12.7. The number of hydrogen-bond acceptors (Lipinski definition) is 5. The molecule has 1 unspecified atom stereocenters. The number of halogens is 1. The van der Waals surface area contributed by atoms with Gasteiger partial charge in [-0.2, -0.15) is 4.98 Å². The van der Waals surface area contributed by atoms with Crippen molar-refractivity contribution in [2.75, 3.05) is 30.8 Å². The average molecular weight is 259 g/mol. The lowest BCUT2D eigenvalue weighted by atomic mass is 10.4. The summed E-state index contributed by atoms with van der Waals surface area (Å²) >= 11 is 6.00. The predicted molar refractivity (Wildman–Crippen MR) is 70.8 cm³/mol. The summed E-state index contributed by atoms with van der Waals surface area (Å²) in [5, 5.41) is 6.75. The van der Waals surface area contributed by atoms with Crippen LogP contribution in [-0.4, -0.2) is 36.3 Å². The molecular weight excluding hydrogens is 240 g/mol. The van der Waals surface area contributed by atoms with Crippen LogP contribution in [0.1, 0.15) is 20.3 Å². The second kappa shape index (κ2) is 7.29. The highest BCUT2D eigenvalue weighted by Crippen LogP contribution is 2.19. The van der Waals surface area contributed by atoms with Crippen molar-refractivity contribution in [3.8, 4) is 0 Å². The number of hydrogen-bond donors (Lipinski definition) is 2. The minimum atomic E-state index is 0.105. The number of rotatable bonds is 7. The molecule has 0 aliphatic rings. The topological polar surface area (TPSA) is 59.1 Å². The van der Waals surface area contributed by atoms with Gasteiger partial charge in [0.15, 0.2) is 5.82 Å². The molecule has 96 valence electrons. The maximum absolute atomic E-state index is 6.00. The van der Waals surface area contributed by atoms with Crippen LogP contribution in [0.25, 0.3) is 0 Å². The van der Waals surface area contributed by atoms with E-state index in [1.165, 1.54) is 0 Å². The fourth-order valence-corrected chi connectivity index (χ4v) is 1.29. The van der Waals surface area contributed by atoms with Crippen molar-refractivity contribution in [2.45, 2.75) is 26.4 Å². The van der Waals surface area contributed by atoms with Gasteiger partial charge in [-0.25, -0.2) is 4.98 Å². The number of anilines is 2. The van der Waals surface area contributed by atoms with E-state index in [4.69, 9.17) is 16.3 Å². The average Bonchev–Trinajstić information content (AvgIpc) is 2.35. The zero-order valence-electron chi connectivity index (χ0n) is 10.5. The van der Waals surface area contributed by atoms with Crippen LogP contribution in [-0.2, 0) is 4.74 Å². The van der Waals surface area contributed by atoms with E-state index in [9.17, 15) is 0 Å². The van der Waals surface area contributed by atoms with E-state index in [1.807, 2.05) is 6.92 Å². The van der Waals surface area contributed by atoms with Gasteiger partial charge in [0.1, 0.15) is 5.02 Å². The van der Waals surface area contributed by atoms with Crippen LogP contribution in [0.5, 0.6) is 0 Å². The predicted octanol–water partition coefficient (Wildman–Crippen LogP) is 2.40. The molecule has 0 amide bonds. The first-order valence-electron chi connectivity index (χ1n) is 5.70. The SMILES string of the molecule is CCCNc1ncc(Cl)c(NCC(C)OC)n1. The summed E-state index contributed by atoms with van der Waals surface area (Å²) in [5.41, 5.74) is 0. The Morgan fingerprint density at radius 2 is 2.24 bits per heavy atom. The summed E-state index contributed by atoms with van der Waals surface area (Å²) in [4.78, 5) is 8.39. The lowest BCUT2D eigenvalue weighted by Crippen LogP contribution is -2.19. The molecule has 0 spiro atoms. The third-order valence-electron chi connectivity index (χ3n) is 2.24. The van der Waals surface area contributed by atoms with Crippen molar-refractivity contribution in [2.24, 2.45) is 0 Å². The summed E-state index contributed by atoms with van der Waals surface area (Å²) < 4.78 is 5.14. The van der Waals surface area contributed by atoms with Gasteiger partial charge in [0.25, 0.3) is 0 Å². The van der Waals surface area contributed by atoms with Crippen molar-refractivity contribution >= 4 is 23.4 Å². The summed E-state index contributed by atoms with van der Waals surface area (Å²) in [6.45, 7) is 5.55. The highest BCUT2D eigenvalue weighted by molar-refractivity contribution is 6.32. The van der Waals surface area contributed by atoms with Gasteiger partial charge >= 0.3 is 0 Å². The normalized spacial score (nSPS) is 12.2. The molecule has 0 aromatic carbocycles. The first-order valence-corrected chi connectivity index (χ1v) is 6.08. The fraction of sp³-hybridized carbons (Fsp3) is 0.636. The van der Waals surface area contributed by atoms with Gasteiger partial charge in [0.2, 0.25) is 5.95 Å². The molecule has 5 nitrogen and oxygen atoms in total. The van der Waals surface area contributed by atoms with Gasteiger partial charge in [-0.05, 0) is 13.3 Å². The molecule has 0 saturated heterocycles. The summed E-state index contributed by atoms with van der Waals surface area (Å²) in [6.07, 6.45) is 2.72. The number of aromatic nitrogens is 2. The van der Waals surface area contributed by atoms with Crippen LogP contribution in [0.4, 0.5) is 11.8 Å². The van der Waals surface area contributed by atoms with E-state index in [0.717, 1.165) is 13.0 Å². The Hall–Kier alpha value is -1.07. The Balaban J connectivity index is 2.62. The molecule has 0 aliphatic heterocycles. The zero-order valence-corrected chi connectivity index (χ0v) is 11.2. The Kier molecular flexibility index (Phi) is 6.00. The number of methoxy groups -OCH3 is 1. The summed E-state index contributed by atoms with van der Waals surface area (Å²) in [6, 6.07) is 0. The minimum absolute atomic E-state index is 0.105. The highest BCUT2D eigenvalue weighted by atomic mass is 35.5.